The highest BCUT2D eigenvalue weighted by Gasteiger charge is 2.33. The van der Waals surface area contributed by atoms with Crippen molar-refractivity contribution in [2.24, 2.45) is 0 Å². The van der Waals surface area contributed by atoms with Crippen molar-refractivity contribution in [3.05, 3.63) is 59.8 Å². The third kappa shape index (κ3) is 3.73. The first-order valence-electron chi connectivity index (χ1n) is 9.41. The minimum absolute atomic E-state index is 0.0982. The Hall–Kier alpha value is -3.55. The molecule has 2 aromatic carbocycles. The molecule has 150 valence electrons. The molecule has 0 aliphatic carbocycles. The summed E-state index contributed by atoms with van der Waals surface area (Å²) in [6.45, 7) is 4.46. The van der Waals surface area contributed by atoms with E-state index in [0.29, 0.717) is 37.6 Å². The van der Waals surface area contributed by atoms with Crippen LogP contribution in [0.4, 0.5) is 5.69 Å². The van der Waals surface area contributed by atoms with Gasteiger partial charge in [-0.05, 0) is 35.9 Å². The summed E-state index contributed by atoms with van der Waals surface area (Å²) >= 11 is 0. The zero-order valence-corrected chi connectivity index (χ0v) is 16.4. The van der Waals surface area contributed by atoms with Crippen LogP contribution >= 0.6 is 0 Å². The number of aryl methyl sites for hydroxylation is 1. The second-order valence-corrected chi connectivity index (χ2v) is 6.93. The SMILES string of the molecule is COc1ccc(-[n+]2noc([O-])c2C(=O)N2CCN(c3ccc(C)cc3)CC2)cc1. The Morgan fingerprint density at radius 3 is 2.34 bits per heavy atom. The molecule has 0 atom stereocenters. The second-order valence-electron chi connectivity index (χ2n) is 6.93. The number of piperazine rings is 1. The molecule has 3 aromatic rings. The van der Waals surface area contributed by atoms with Gasteiger partial charge in [-0.15, -0.1) is 0 Å². The molecule has 1 saturated heterocycles. The van der Waals surface area contributed by atoms with Crippen LogP contribution in [-0.2, 0) is 0 Å². The molecule has 0 bridgehead atoms. The molecule has 1 aliphatic rings. The summed E-state index contributed by atoms with van der Waals surface area (Å²) in [7, 11) is 1.57. The zero-order valence-electron chi connectivity index (χ0n) is 16.4. The fourth-order valence-corrected chi connectivity index (χ4v) is 3.40. The van der Waals surface area contributed by atoms with Crippen LogP contribution in [0.25, 0.3) is 5.69 Å². The number of anilines is 1. The molecular formula is C21H22N4O4. The predicted molar refractivity (Wildman–Crippen MR) is 103 cm³/mol. The van der Waals surface area contributed by atoms with E-state index >= 15 is 0 Å². The number of carbonyl (C=O) groups excluding carboxylic acids is 1. The first-order chi connectivity index (χ1) is 14.1. The third-order valence-corrected chi connectivity index (χ3v) is 5.10. The Morgan fingerprint density at radius 2 is 1.72 bits per heavy atom. The molecule has 1 amide bonds. The second kappa shape index (κ2) is 7.83. The number of methoxy groups -OCH3 is 1. The highest BCUT2D eigenvalue weighted by Crippen LogP contribution is 2.20. The van der Waals surface area contributed by atoms with E-state index in [9.17, 15) is 9.90 Å². The van der Waals surface area contributed by atoms with Gasteiger partial charge in [0.1, 0.15) is 5.75 Å². The molecule has 1 fully saturated rings. The quantitative estimate of drug-likeness (QED) is 0.620. The van der Waals surface area contributed by atoms with Crippen molar-refractivity contribution in [2.75, 3.05) is 38.2 Å². The highest BCUT2D eigenvalue weighted by atomic mass is 16.6. The van der Waals surface area contributed by atoms with Crippen LogP contribution < -0.4 is 19.4 Å². The van der Waals surface area contributed by atoms with E-state index in [1.54, 1.807) is 36.3 Å². The number of ether oxygens (including phenoxy) is 1. The van der Waals surface area contributed by atoms with Gasteiger partial charge in [-0.1, -0.05) is 17.7 Å². The van der Waals surface area contributed by atoms with Crippen molar-refractivity contribution in [3.8, 4) is 17.4 Å². The average Bonchev–Trinajstić information content (AvgIpc) is 3.15. The number of aromatic nitrogens is 2. The lowest BCUT2D eigenvalue weighted by atomic mass is 10.2. The van der Waals surface area contributed by atoms with Gasteiger partial charge in [0.25, 0.3) is 0 Å². The van der Waals surface area contributed by atoms with E-state index in [0.717, 1.165) is 5.69 Å². The highest BCUT2D eigenvalue weighted by molar-refractivity contribution is 5.92. The Labute approximate surface area is 168 Å². The molecule has 0 unspecified atom stereocenters. The Balaban J connectivity index is 1.50. The monoisotopic (exact) mass is 394 g/mol. The van der Waals surface area contributed by atoms with Crippen LogP contribution in [0.2, 0.25) is 0 Å². The van der Waals surface area contributed by atoms with Crippen molar-refractivity contribution < 1.29 is 23.8 Å². The molecule has 29 heavy (non-hydrogen) atoms. The molecular weight excluding hydrogens is 372 g/mol. The number of hydrogen-bond donors (Lipinski definition) is 0. The van der Waals surface area contributed by atoms with E-state index < -0.39 is 5.95 Å². The number of nitrogens with zero attached hydrogens (tertiary/aromatic N) is 4. The predicted octanol–water partition coefficient (Wildman–Crippen LogP) is 1.30. The third-order valence-electron chi connectivity index (χ3n) is 5.10. The van der Waals surface area contributed by atoms with Crippen molar-refractivity contribution in [1.29, 1.82) is 0 Å². The number of amides is 1. The zero-order chi connectivity index (χ0) is 20.4. The van der Waals surface area contributed by atoms with Gasteiger partial charge >= 0.3 is 11.6 Å². The van der Waals surface area contributed by atoms with Crippen LogP contribution in [-0.4, -0.2) is 49.4 Å². The molecule has 4 rings (SSSR count). The van der Waals surface area contributed by atoms with E-state index in [4.69, 9.17) is 9.26 Å². The maximum atomic E-state index is 13.0. The topological polar surface area (TPSA) is 85.8 Å². The number of benzene rings is 2. The molecule has 0 N–H and O–H groups in total. The largest absolute Gasteiger partial charge is 0.538 e. The summed E-state index contributed by atoms with van der Waals surface area (Å²) in [5, 5.41) is 16.0. The minimum Gasteiger partial charge on any atom is -0.538 e. The van der Waals surface area contributed by atoms with Gasteiger partial charge in [-0.2, -0.15) is 0 Å². The van der Waals surface area contributed by atoms with Crippen LogP contribution in [0.1, 0.15) is 16.1 Å². The number of carbonyl (C=O) groups is 1. The van der Waals surface area contributed by atoms with Gasteiger partial charge in [-0.25, -0.2) is 0 Å². The lowest BCUT2D eigenvalue weighted by Gasteiger charge is -2.35. The van der Waals surface area contributed by atoms with E-state index in [1.165, 1.54) is 10.2 Å². The first-order valence-corrected chi connectivity index (χ1v) is 9.41. The summed E-state index contributed by atoms with van der Waals surface area (Å²) in [6, 6.07) is 15.2. The Kier molecular flexibility index (Phi) is 5.07. The summed E-state index contributed by atoms with van der Waals surface area (Å²) in [6.07, 6.45) is 0. The smallest absolute Gasteiger partial charge is 0.327 e. The van der Waals surface area contributed by atoms with Gasteiger partial charge in [0, 0.05) is 44.0 Å². The molecule has 8 nitrogen and oxygen atoms in total. The lowest BCUT2D eigenvalue weighted by Crippen LogP contribution is -2.51. The van der Waals surface area contributed by atoms with Crippen molar-refractivity contribution in [2.45, 2.75) is 6.92 Å². The molecule has 2 heterocycles. The average molecular weight is 394 g/mol. The molecule has 0 radical (unpaired) electrons. The molecule has 8 heteroatoms. The van der Waals surface area contributed by atoms with Crippen LogP contribution in [0.5, 0.6) is 11.7 Å². The maximum absolute atomic E-state index is 13.0. The van der Waals surface area contributed by atoms with Gasteiger partial charge in [0.05, 0.1) is 12.4 Å². The fourth-order valence-electron chi connectivity index (χ4n) is 3.40. The summed E-state index contributed by atoms with van der Waals surface area (Å²) < 4.78 is 11.2. The summed E-state index contributed by atoms with van der Waals surface area (Å²) in [5.74, 6) is -0.456. The molecule has 0 saturated carbocycles. The van der Waals surface area contributed by atoms with E-state index in [1.807, 2.05) is 0 Å². The Bertz CT molecular complexity index is 991. The van der Waals surface area contributed by atoms with Crippen molar-refractivity contribution in [3.63, 3.8) is 0 Å². The summed E-state index contributed by atoms with van der Waals surface area (Å²) in [5.41, 5.74) is 2.80. The Morgan fingerprint density at radius 1 is 1.07 bits per heavy atom. The lowest BCUT2D eigenvalue weighted by molar-refractivity contribution is -0.672. The van der Waals surface area contributed by atoms with Gasteiger partial charge < -0.3 is 24.2 Å². The standard InChI is InChI=1S/C21H22N4O4/c1-15-3-5-16(6-4-15)23-11-13-24(14-12-23)20(26)19-21(27)29-22-25(19)17-7-9-18(28-2)10-8-17/h3-10H,11-14H2,1-2H3. The van der Waals surface area contributed by atoms with Crippen LogP contribution in [0.3, 0.4) is 0 Å². The summed E-state index contributed by atoms with van der Waals surface area (Å²) in [4.78, 5) is 16.9. The normalized spacial score (nSPS) is 14.1. The van der Waals surface area contributed by atoms with E-state index in [2.05, 4.69) is 41.4 Å². The van der Waals surface area contributed by atoms with Crippen molar-refractivity contribution >= 4 is 11.6 Å². The molecule has 1 aromatic heterocycles. The van der Waals surface area contributed by atoms with Crippen LogP contribution in [0, 0.1) is 6.92 Å². The van der Waals surface area contributed by atoms with E-state index in [-0.39, 0.29) is 11.6 Å². The maximum Gasteiger partial charge on any atom is 0.327 e. The number of rotatable bonds is 4. The first kappa shape index (κ1) is 18.8. The molecule has 0 spiro atoms. The van der Waals surface area contributed by atoms with Gasteiger partial charge in [0.15, 0.2) is 5.95 Å². The fraction of sp³-hybridized carbons (Fsp3) is 0.286. The van der Waals surface area contributed by atoms with Gasteiger partial charge in [0.2, 0.25) is 5.69 Å². The molecule has 1 aliphatic heterocycles. The minimum atomic E-state index is -0.744. The number of hydrogen-bond acceptors (Lipinski definition) is 6. The van der Waals surface area contributed by atoms with Crippen LogP contribution in [0.15, 0.2) is 53.1 Å². The van der Waals surface area contributed by atoms with Gasteiger partial charge in [-0.3, -0.25) is 4.79 Å². The van der Waals surface area contributed by atoms with Crippen molar-refractivity contribution in [1.82, 2.24) is 10.2 Å².